The highest BCUT2D eigenvalue weighted by Crippen LogP contribution is 2.25. The number of hydrogen-bond donors (Lipinski definition) is 3. The molecule has 1 fully saturated rings. The van der Waals surface area contributed by atoms with E-state index in [1.807, 2.05) is 0 Å². The zero-order valence-corrected chi connectivity index (χ0v) is 10.1. The zero-order valence-electron chi connectivity index (χ0n) is 10.1. The van der Waals surface area contributed by atoms with Crippen molar-refractivity contribution in [3.8, 4) is 0 Å². The van der Waals surface area contributed by atoms with Crippen LogP contribution in [0, 0.1) is 5.92 Å². The lowest BCUT2D eigenvalue weighted by Crippen LogP contribution is -2.38. The van der Waals surface area contributed by atoms with Crippen LogP contribution in [0.15, 0.2) is 0 Å². The second kappa shape index (κ2) is 5.01. The molecule has 5 nitrogen and oxygen atoms in total. The fraction of sp³-hybridized carbons (Fsp3) is 0.909. The Hall–Kier alpha value is -0.810. The highest BCUT2D eigenvalue weighted by molar-refractivity contribution is 5.68. The summed E-state index contributed by atoms with van der Waals surface area (Å²) < 4.78 is 5.11. The summed E-state index contributed by atoms with van der Waals surface area (Å²) in [6.07, 6.45) is 0.0645. The van der Waals surface area contributed by atoms with Crippen LogP contribution in [0.2, 0.25) is 0 Å². The molecule has 0 spiro atoms. The van der Waals surface area contributed by atoms with E-state index in [-0.39, 0.29) is 18.6 Å². The van der Waals surface area contributed by atoms with E-state index in [0.717, 1.165) is 0 Å². The lowest BCUT2D eigenvalue weighted by atomic mass is 10.1. The van der Waals surface area contributed by atoms with Crippen molar-refractivity contribution in [2.24, 2.45) is 5.92 Å². The molecule has 16 heavy (non-hydrogen) atoms. The van der Waals surface area contributed by atoms with E-state index in [2.05, 4.69) is 5.32 Å². The molecule has 3 N–H and O–H groups in total. The molecule has 3 atom stereocenters. The van der Waals surface area contributed by atoms with Gasteiger partial charge in [0.1, 0.15) is 5.60 Å². The van der Waals surface area contributed by atoms with E-state index in [4.69, 9.17) is 9.84 Å². The Balaban J connectivity index is 2.36. The minimum Gasteiger partial charge on any atom is -0.444 e. The van der Waals surface area contributed by atoms with Gasteiger partial charge in [0.2, 0.25) is 0 Å². The van der Waals surface area contributed by atoms with E-state index in [9.17, 15) is 9.90 Å². The molecule has 5 heteroatoms. The average Bonchev–Trinajstić information content (AvgIpc) is 2.42. The number of carbonyl (C=O) groups excluding carboxylic acids is 1. The Morgan fingerprint density at radius 1 is 1.44 bits per heavy atom. The van der Waals surface area contributed by atoms with Gasteiger partial charge in [0.15, 0.2) is 0 Å². The molecule has 1 amide bonds. The fourth-order valence-electron chi connectivity index (χ4n) is 1.89. The Bertz CT molecular complexity index is 249. The summed E-state index contributed by atoms with van der Waals surface area (Å²) in [5.41, 5.74) is -0.516. The number of amides is 1. The van der Waals surface area contributed by atoms with Crippen molar-refractivity contribution in [3.05, 3.63) is 0 Å². The van der Waals surface area contributed by atoms with Crippen LogP contribution in [-0.2, 0) is 4.74 Å². The third-order valence-corrected chi connectivity index (χ3v) is 2.61. The summed E-state index contributed by atoms with van der Waals surface area (Å²) in [7, 11) is 0. The number of rotatable bonds is 2. The molecule has 1 saturated carbocycles. The molecule has 0 aromatic heterocycles. The lowest BCUT2D eigenvalue weighted by Gasteiger charge is -2.21. The molecule has 0 saturated heterocycles. The van der Waals surface area contributed by atoms with Gasteiger partial charge >= 0.3 is 6.09 Å². The average molecular weight is 231 g/mol. The van der Waals surface area contributed by atoms with Gasteiger partial charge in [0.25, 0.3) is 0 Å². The highest BCUT2D eigenvalue weighted by Gasteiger charge is 2.33. The van der Waals surface area contributed by atoms with Crippen LogP contribution in [0.3, 0.4) is 0 Å². The number of alkyl carbamates (subject to hydrolysis) is 1. The molecule has 0 heterocycles. The molecule has 1 unspecified atom stereocenters. The normalized spacial score (nSPS) is 30.2. The van der Waals surface area contributed by atoms with Gasteiger partial charge in [-0.2, -0.15) is 0 Å². The van der Waals surface area contributed by atoms with Crippen molar-refractivity contribution < 1.29 is 19.7 Å². The number of carbonyl (C=O) groups is 1. The van der Waals surface area contributed by atoms with Gasteiger partial charge < -0.3 is 20.3 Å². The minimum atomic E-state index is -0.537. The third-order valence-electron chi connectivity index (χ3n) is 2.61. The molecular formula is C11H21NO4. The summed E-state index contributed by atoms with van der Waals surface area (Å²) in [6.45, 7) is 5.35. The first-order valence-corrected chi connectivity index (χ1v) is 5.60. The summed E-state index contributed by atoms with van der Waals surface area (Å²) in [5.74, 6) is -0.139. The Labute approximate surface area is 95.8 Å². The molecule has 1 rings (SSSR count). The predicted octanol–water partition coefficient (Wildman–Crippen LogP) is 0.643. The second-order valence-corrected chi connectivity index (χ2v) is 5.32. The first-order valence-electron chi connectivity index (χ1n) is 5.60. The fourth-order valence-corrected chi connectivity index (χ4v) is 1.89. The van der Waals surface area contributed by atoms with E-state index in [0.29, 0.717) is 12.8 Å². The number of hydrogen-bond acceptors (Lipinski definition) is 4. The maximum atomic E-state index is 11.4. The largest absolute Gasteiger partial charge is 0.444 e. The zero-order chi connectivity index (χ0) is 12.3. The quantitative estimate of drug-likeness (QED) is 0.651. The van der Waals surface area contributed by atoms with Crippen LogP contribution in [0.5, 0.6) is 0 Å². The SMILES string of the molecule is CC(C)(C)OC(=O)NC1C[C@H](CO)[C@@H](O)C1. The van der Waals surface area contributed by atoms with Crippen LogP contribution >= 0.6 is 0 Å². The van der Waals surface area contributed by atoms with Gasteiger partial charge in [0.05, 0.1) is 6.10 Å². The smallest absolute Gasteiger partial charge is 0.407 e. The Morgan fingerprint density at radius 2 is 2.06 bits per heavy atom. The number of aliphatic hydroxyl groups excluding tert-OH is 2. The van der Waals surface area contributed by atoms with Crippen LogP contribution in [0.25, 0.3) is 0 Å². The Morgan fingerprint density at radius 3 is 2.50 bits per heavy atom. The van der Waals surface area contributed by atoms with Gasteiger partial charge in [-0.3, -0.25) is 0 Å². The van der Waals surface area contributed by atoms with Gasteiger partial charge in [-0.1, -0.05) is 0 Å². The standard InChI is InChI=1S/C11H21NO4/c1-11(2,3)16-10(15)12-8-4-7(6-13)9(14)5-8/h7-9,13-14H,4-6H2,1-3H3,(H,12,15)/t7-,8?,9+/m1/s1. The van der Waals surface area contributed by atoms with Gasteiger partial charge in [-0.05, 0) is 33.6 Å². The number of aliphatic hydroxyl groups is 2. The first kappa shape index (κ1) is 13.3. The molecule has 0 radical (unpaired) electrons. The van der Waals surface area contributed by atoms with Crippen LogP contribution in [0.4, 0.5) is 4.79 Å². The van der Waals surface area contributed by atoms with E-state index in [1.54, 1.807) is 20.8 Å². The first-order chi connectivity index (χ1) is 7.31. The second-order valence-electron chi connectivity index (χ2n) is 5.32. The predicted molar refractivity (Wildman–Crippen MR) is 59.0 cm³/mol. The molecule has 0 aromatic carbocycles. The Kier molecular flexibility index (Phi) is 4.15. The number of ether oxygens (including phenoxy) is 1. The van der Waals surface area contributed by atoms with Crippen molar-refractivity contribution in [1.82, 2.24) is 5.32 Å². The molecule has 1 aliphatic carbocycles. The molecule has 1 aliphatic rings. The van der Waals surface area contributed by atoms with Crippen molar-refractivity contribution in [1.29, 1.82) is 0 Å². The summed E-state index contributed by atoms with van der Waals surface area (Å²) in [4.78, 5) is 11.4. The van der Waals surface area contributed by atoms with Gasteiger partial charge in [-0.15, -0.1) is 0 Å². The van der Waals surface area contributed by atoms with Crippen LogP contribution in [-0.4, -0.2) is 40.7 Å². The van der Waals surface area contributed by atoms with Crippen LogP contribution in [0.1, 0.15) is 33.6 Å². The van der Waals surface area contributed by atoms with E-state index in [1.165, 1.54) is 0 Å². The number of nitrogens with one attached hydrogen (secondary N) is 1. The maximum Gasteiger partial charge on any atom is 0.407 e. The summed E-state index contributed by atoms with van der Waals surface area (Å²) in [6, 6.07) is -0.109. The van der Waals surface area contributed by atoms with Gasteiger partial charge in [-0.25, -0.2) is 4.79 Å². The summed E-state index contributed by atoms with van der Waals surface area (Å²) in [5, 5.41) is 21.2. The van der Waals surface area contributed by atoms with E-state index < -0.39 is 17.8 Å². The molecule has 94 valence electrons. The van der Waals surface area contributed by atoms with Crippen molar-refractivity contribution in [2.75, 3.05) is 6.61 Å². The van der Waals surface area contributed by atoms with Gasteiger partial charge in [0, 0.05) is 18.6 Å². The third kappa shape index (κ3) is 3.98. The minimum absolute atomic E-state index is 0.0480. The molecule has 0 aliphatic heterocycles. The molecule has 0 aromatic rings. The van der Waals surface area contributed by atoms with E-state index >= 15 is 0 Å². The monoisotopic (exact) mass is 231 g/mol. The van der Waals surface area contributed by atoms with Crippen LogP contribution < -0.4 is 5.32 Å². The maximum absolute atomic E-state index is 11.4. The molecular weight excluding hydrogens is 210 g/mol. The topological polar surface area (TPSA) is 78.8 Å². The van der Waals surface area contributed by atoms with Crippen molar-refractivity contribution in [3.63, 3.8) is 0 Å². The molecule has 0 bridgehead atoms. The van der Waals surface area contributed by atoms with Crippen molar-refractivity contribution in [2.45, 2.75) is 51.4 Å². The van der Waals surface area contributed by atoms with Crippen molar-refractivity contribution >= 4 is 6.09 Å². The summed E-state index contributed by atoms with van der Waals surface area (Å²) >= 11 is 0. The lowest BCUT2D eigenvalue weighted by molar-refractivity contribution is 0.0502. The highest BCUT2D eigenvalue weighted by atomic mass is 16.6.